The van der Waals surface area contributed by atoms with Gasteiger partial charge < -0.3 is 4.74 Å². The number of hydrogen-bond acceptors (Lipinski definition) is 2. The first-order valence-corrected chi connectivity index (χ1v) is 7.09. The van der Waals surface area contributed by atoms with Crippen molar-refractivity contribution in [2.45, 2.75) is 12.3 Å². The highest BCUT2D eigenvalue weighted by Crippen LogP contribution is 2.36. The number of benzene rings is 2. The quantitative estimate of drug-likeness (QED) is 0.727. The summed E-state index contributed by atoms with van der Waals surface area (Å²) in [5.74, 6) is -0.390. The molecule has 118 valence electrons. The molecule has 1 unspecified atom stereocenters. The second-order valence-electron chi connectivity index (χ2n) is 5.00. The van der Waals surface area contributed by atoms with Gasteiger partial charge in [0.25, 0.3) is 0 Å². The molecule has 2 aromatic carbocycles. The maximum atomic E-state index is 12.8. The fourth-order valence-corrected chi connectivity index (χ4v) is 2.52. The van der Waals surface area contributed by atoms with Crippen LogP contribution in [0.4, 0.5) is 13.2 Å². The number of hydrogen-bond donors (Lipinski definition) is 0. The van der Waals surface area contributed by atoms with Crippen molar-refractivity contribution in [3.05, 3.63) is 70.3 Å². The molecule has 2 aromatic rings. The smallest absolute Gasteiger partial charge is 0.429 e. The van der Waals surface area contributed by atoms with E-state index in [9.17, 15) is 18.0 Å². The Labute approximate surface area is 135 Å². The zero-order chi connectivity index (χ0) is 16.6. The average Bonchev–Trinajstić information content (AvgIpc) is 2.53. The van der Waals surface area contributed by atoms with Crippen LogP contribution in [-0.2, 0) is 0 Å². The molecular formula is C17H10ClF3O2. The van der Waals surface area contributed by atoms with E-state index in [1.54, 1.807) is 30.3 Å². The molecule has 1 atom stereocenters. The van der Waals surface area contributed by atoms with Crippen LogP contribution < -0.4 is 4.74 Å². The van der Waals surface area contributed by atoms with Crippen molar-refractivity contribution in [1.82, 2.24) is 0 Å². The number of fused-ring (bicyclic) bond motifs is 1. The molecule has 1 aliphatic heterocycles. The van der Waals surface area contributed by atoms with Gasteiger partial charge in [0.1, 0.15) is 5.75 Å². The van der Waals surface area contributed by atoms with Crippen LogP contribution >= 0.6 is 11.6 Å². The van der Waals surface area contributed by atoms with Crippen LogP contribution in [0, 0.1) is 0 Å². The Morgan fingerprint density at radius 1 is 1.13 bits per heavy atom. The minimum atomic E-state index is -4.52. The first-order chi connectivity index (χ1) is 10.9. The normalized spacial score (nSPS) is 16.6. The molecule has 0 aliphatic carbocycles. The van der Waals surface area contributed by atoms with Crippen LogP contribution in [0.2, 0.25) is 5.02 Å². The lowest BCUT2D eigenvalue weighted by Gasteiger charge is -2.24. The van der Waals surface area contributed by atoms with Crippen LogP contribution in [0.25, 0.3) is 6.08 Å². The van der Waals surface area contributed by atoms with E-state index in [4.69, 9.17) is 16.3 Å². The summed E-state index contributed by atoms with van der Waals surface area (Å²) in [7, 11) is 0. The number of halogens is 4. The fraction of sp³-hybridized carbons (Fsp3) is 0.118. The highest BCUT2D eigenvalue weighted by Gasteiger charge is 2.41. The predicted molar refractivity (Wildman–Crippen MR) is 80.8 cm³/mol. The number of carbonyl (C=O) groups excluding carboxylic acids is 1. The molecule has 0 aromatic heterocycles. The van der Waals surface area contributed by atoms with Crippen LogP contribution in [0.15, 0.2) is 48.5 Å². The molecule has 23 heavy (non-hydrogen) atoms. The van der Waals surface area contributed by atoms with Gasteiger partial charge in [0.2, 0.25) is 6.10 Å². The summed E-state index contributed by atoms with van der Waals surface area (Å²) < 4.78 is 43.3. The van der Waals surface area contributed by atoms with E-state index in [0.29, 0.717) is 11.1 Å². The summed E-state index contributed by atoms with van der Waals surface area (Å²) in [6.45, 7) is 0. The van der Waals surface area contributed by atoms with Gasteiger partial charge >= 0.3 is 6.18 Å². The molecule has 1 aliphatic rings. The van der Waals surface area contributed by atoms with Gasteiger partial charge in [0, 0.05) is 16.7 Å². The van der Waals surface area contributed by atoms with Crippen molar-refractivity contribution in [1.29, 1.82) is 0 Å². The minimum Gasteiger partial charge on any atom is -0.476 e. The van der Waals surface area contributed by atoms with Crippen molar-refractivity contribution in [2.24, 2.45) is 0 Å². The molecule has 0 amide bonds. The van der Waals surface area contributed by atoms with E-state index < -0.39 is 12.3 Å². The van der Waals surface area contributed by atoms with Gasteiger partial charge in [-0.15, -0.1) is 0 Å². The Hall–Kier alpha value is -2.27. The monoisotopic (exact) mass is 338 g/mol. The van der Waals surface area contributed by atoms with Crippen LogP contribution in [0.5, 0.6) is 5.75 Å². The SMILES string of the molecule is O=C(c1ccccc1)c1cc2c(cc1Cl)C=CC(C(F)(F)F)O2. The van der Waals surface area contributed by atoms with Crippen molar-refractivity contribution < 1.29 is 22.7 Å². The summed E-state index contributed by atoms with van der Waals surface area (Å²) in [4.78, 5) is 12.5. The lowest BCUT2D eigenvalue weighted by Crippen LogP contribution is -2.33. The average molecular weight is 339 g/mol. The molecule has 0 fully saturated rings. The Balaban J connectivity index is 2.00. The second kappa shape index (κ2) is 5.74. The summed E-state index contributed by atoms with van der Waals surface area (Å²) in [6.07, 6.45) is -4.34. The molecule has 0 saturated carbocycles. The lowest BCUT2D eigenvalue weighted by atomic mass is 10.00. The Kier molecular flexibility index (Phi) is 3.90. The zero-order valence-corrected chi connectivity index (χ0v) is 12.4. The predicted octanol–water partition coefficient (Wildman–Crippen LogP) is 4.91. The van der Waals surface area contributed by atoms with Gasteiger partial charge in [-0.25, -0.2) is 0 Å². The molecule has 0 bridgehead atoms. The number of ketones is 1. The van der Waals surface area contributed by atoms with Crippen LogP contribution in [0.1, 0.15) is 21.5 Å². The minimum absolute atomic E-state index is 0.0153. The van der Waals surface area contributed by atoms with Crippen molar-refractivity contribution >= 4 is 23.5 Å². The van der Waals surface area contributed by atoms with E-state index in [0.717, 1.165) is 6.08 Å². The third-order valence-electron chi connectivity index (χ3n) is 3.41. The largest absolute Gasteiger partial charge is 0.476 e. The lowest BCUT2D eigenvalue weighted by molar-refractivity contribution is -0.180. The first kappa shape index (κ1) is 15.6. The molecule has 2 nitrogen and oxygen atoms in total. The molecule has 1 heterocycles. The van der Waals surface area contributed by atoms with E-state index in [-0.39, 0.29) is 22.1 Å². The topological polar surface area (TPSA) is 26.3 Å². The van der Waals surface area contributed by atoms with Gasteiger partial charge in [-0.1, -0.05) is 48.0 Å². The molecule has 0 spiro atoms. The number of carbonyl (C=O) groups is 1. The fourth-order valence-electron chi connectivity index (χ4n) is 2.26. The third kappa shape index (κ3) is 3.10. The first-order valence-electron chi connectivity index (χ1n) is 6.71. The maximum absolute atomic E-state index is 12.8. The number of alkyl halides is 3. The van der Waals surface area contributed by atoms with Gasteiger partial charge in [-0.2, -0.15) is 13.2 Å². The van der Waals surface area contributed by atoms with E-state index in [1.807, 2.05) is 0 Å². The second-order valence-corrected chi connectivity index (χ2v) is 5.41. The zero-order valence-electron chi connectivity index (χ0n) is 11.6. The van der Waals surface area contributed by atoms with Crippen molar-refractivity contribution in [3.8, 4) is 5.75 Å². The van der Waals surface area contributed by atoms with Crippen LogP contribution in [0.3, 0.4) is 0 Å². The van der Waals surface area contributed by atoms with E-state index >= 15 is 0 Å². The summed E-state index contributed by atoms with van der Waals surface area (Å²) >= 11 is 6.10. The van der Waals surface area contributed by atoms with Gasteiger partial charge in [-0.05, 0) is 18.2 Å². The molecule has 6 heteroatoms. The number of rotatable bonds is 2. The molecule has 0 N–H and O–H groups in total. The highest BCUT2D eigenvalue weighted by molar-refractivity contribution is 6.35. The van der Waals surface area contributed by atoms with E-state index in [2.05, 4.69) is 0 Å². The summed E-state index contributed by atoms with van der Waals surface area (Å²) in [5, 5.41) is 0.163. The Morgan fingerprint density at radius 3 is 2.48 bits per heavy atom. The standard InChI is InChI=1S/C17H10ClF3O2/c18-13-8-11-6-7-15(17(19,20)21)23-14(11)9-12(13)16(22)10-4-2-1-3-5-10/h1-9,15H. The summed E-state index contributed by atoms with van der Waals surface area (Å²) in [5.41, 5.74) is 0.904. The Morgan fingerprint density at radius 2 is 1.83 bits per heavy atom. The number of ether oxygens (including phenoxy) is 1. The van der Waals surface area contributed by atoms with Gasteiger partial charge in [-0.3, -0.25) is 4.79 Å². The van der Waals surface area contributed by atoms with Crippen molar-refractivity contribution in [2.75, 3.05) is 0 Å². The van der Waals surface area contributed by atoms with E-state index in [1.165, 1.54) is 18.2 Å². The van der Waals surface area contributed by atoms with Gasteiger partial charge in [0.05, 0.1) is 5.02 Å². The molecule has 0 saturated heterocycles. The molecule has 0 radical (unpaired) electrons. The molecule has 3 rings (SSSR count). The van der Waals surface area contributed by atoms with Crippen molar-refractivity contribution in [3.63, 3.8) is 0 Å². The molecular weight excluding hydrogens is 329 g/mol. The maximum Gasteiger partial charge on any atom is 0.429 e. The van der Waals surface area contributed by atoms with Crippen LogP contribution in [-0.4, -0.2) is 18.1 Å². The summed E-state index contributed by atoms with van der Waals surface area (Å²) in [6, 6.07) is 11.0. The Bertz CT molecular complexity index is 782. The highest BCUT2D eigenvalue weighted by atomic mass is 35.5. The third-order valence-corrected chi connectivity index (χ3v) is 3.72. The van der Waals surface area contributed by atoms with Gasteiger partial charge in [0.15, 0.2) is 5.78 Å².